The minimum Gasteiger partial charge on any atom is -0.469 e. The van der Waals surface area contributed by atoms with E-state index < -0.39 is 11.7 Å². The van der Waals surface area contributed by atoms with Crippen LogP contribution in [-0.2, 0) is 12.6 Å². The normalized spacial score (nSPS) is 11.7. The van der Waals surface area contributed by atoms with Crippen LogP contribution in [0.2, 0.25) is 0 Å². The summed E-state index contributed by atoms with van der Waals surface area (Å²) in [5, 5.41) is 0. The molecule has 5 heteroatoms. The lowest BCUT2D eigenvalue weighted by Crippen LogP contribution is -2.10. The number of hydrogen-bond donors (Lipinski definition) is 1. The monoisotopic (exact) mass is 241 g/mol. The maximum absolute atomic E-state index is 12.6. The van der Waals surface area contributed by atoms with Gasteiger partial charge < -0.3 is 10.2 Å². The second kappa shape index (κ2) is 4.16. The van der Waals surface area contributed by atoms with Crippen molar-refractivity contribution in [3.8, 4) is 0 Å². The molecular formula is C12H10F3NO. The first-order valence-corrected chi connectivity index (χ1v) is 4.95. The summed E-state index contributed by atoms with van der Waals surface area (Å²) in [5.74, 6) is 0.580. The number of halogens is 3. The highest BCUT2D eigenvalue weighted by molar-refractivity contribution is 5.56. The zero-order valence-corrected chi connectivity index (χ0v) is 8.79. The first-order chi connectivity index (χ1) is 7.98. The molecule has 1 aromatic carbocycles. The van der Waals surface area contributed by atoms with Crippen LogP contribution in [0.15, 0.2) is 41.0 Å². The Bertz CT molecular complexity index is 503. The van der Waals surface area contributed by atoms with Crippen LogP contribution in [0.1, 0.15) is 16.9 Å². The molecule has 0 spiro atoms. The fraction of sp³-hybridized carbons (Fsp3) is 0.167. The van der Waals surface area contributed by atoms with Crippen LogP contribution >= 0.6 is 0 Å². The van der Waals surface area contributed by atoms with Gasteiger partial charge in [0, 0.05) is 12.1 Å². The number of hydrogen-bond acceptors (Lipinski definition) is 2. The van der Waals surface area contributed by atoms with E-state index in [0.29, 0.717) is 11.3 Å². The molecule has 2 aromatic rings. The summed E-state index contributed by atoms with van der Waals surface area (Å²) >= 11 is 0. The average molecular weight is 241 g/mol. The fourth-order valence-corrected chi connectivity index (χ4v) is 1.62. The van der Waals surface area contributed by atoms with Gasteiger partial charge >= 0.3 is 6.18 Å². The van der Waals surface area contributed by atoms with Crippen molar-refractivity contribution in [1.82, 2.24) is 0 Å². The Kier molecular flexibility index (Phi) is 2.83. The second-order valence-electron chi connectivity index (χ2n) is 3.63. The van der Waals surface area contributed by atoms with Crippen molar-refractivity contribution < 1.29 is 17.6 Å². The van der Waals surface area contributed by atoms with E-state index in [-0.39, 0.29) is 12.1 Å². The molecule has 0 radical (unpaired) electrons. The van der Waals surface area contributed by atoms with E-state index in [1.54, 1.807) is 18.2 Å². The average Bonchev–Trinajstić information content (AvgIpc) is 2.72. The van der Waals surface area contributed by atoms with Crippen molar-refractivity contribution in [2.75, 3.05) is 5.73 Å². The number of anilines is 1. The Balaban J connectivity index is 2.36. The Morgan fingerprint density at radius 2 is 1.88 bits per heavy atom. The van der Waals surface area contributed by atoms with E-state index in [4.69, 9.17) is 10.2 Å². The van der Waals surface area contributed by atoms with Crippen molar-refractivity contribution in [2.24, 2.45) is 0 Å². The molecule has 0 saturated carbocycles. The van der Waals surface area contributed by atoms with E-state index in [1.165, 1.54) is 12.3 Å². The van der Waals surface area contributed by atoms with Crippen LogP contribution in [0.5, 0.6) is 0 Å². The van der Waals surface area contributed by atoms with Crippen molar-refractivity contribution in [3.05, 3.63) is 53.5 Å². The number of benzene rings is 1. The molecule has 0 aliphatic carbocycles. The molecule has 0 aliphatic heterocycles. The number of para-hydroxylation sites is 1. The molecule has 17 heavy (non-hydrogen) atoms. The third-order valence-corrected chi connectivity index (χ3v) is 2.45. The quantitative estimate of drug-likeness (QED) is 0.817. The Hall–Kier alpha value is -1.91. The zero-order chi connectivity index (χ0) is 12.5. The highest BCUT2D eigenvalue weighted by Crippen LogP contribution is 2.35. The predicted molar refractivity (Wildman–Crippen MR) is 57.4 cm³/mol. The minimum absolute atomic E-state index is 0.239. The summed E-state index contributed by atoms with van der Waals surface area (Å²) < 4.78 is 42.9. The Morgan fingerprint density at radius 3 is 2.47 bits per heavy atom. The third-order valence-electron chi connectivity index (χ3n) is 2.45. The van der Waals surface area contributed by atoms with E-state index in [2.05, 4.69) is 0 Å². The molecule has 0 atom stereocenters. The van der Waals surface area contributed by atoms with Crippen LogP contribution in [0, 0.1) is 0 Å². The highest BCUT2D eigenvalue weighted by atomic mass is 19.4. The molecule has 2 nitrogen and oxygen atoms in total. The molecule has 0 aliphatic rings. The van der Waals surface area contributed by atoms with Crippen LogP contribution in [0.4, 0.5) is 18.9 Å². The molecule has 0 fully saturated rings. The smallest absolute Gasteiger partial charge is 0.418 e. The minimum atomic E-state index is -4.43. The van der Waals surface area contributed by atoms with Crippen molar-refractivity contribution in [2.45, 2.75) is 12.6 Å². The van der Waals surface area contributed by atoms with E-state index in [0.717, 1.165) is 6.07 Å². The van der Waals surface area contributed by atoms with Gasteiger partial charge in [-0.3, -0.25) is 0 Å². The van der Waals surface area contributed by atoms with Crippen molar-refractivity contribution in [1.29, 1.82) is 0 Å². The first kappa shape index (κ1) is 11.6. The molecule has 0 saturated heterocycles. The van der Waals surface area contributed by atoms with Crippen molar-refractivity contribution in [3.63, 3.8) is 0 Å². The number of alkyl halides is 3. The lowest BCUT2D eigenvalue weighted by Gasteiger charge is -2.12. The molecule has 0 unspecified atom stereocenters. The molecule has 0 amide bonds. The Labute approximate surface area is 95.8 Å². The lowest BCUT2D eigenvalue weighted by atomic mass is 10.0. The standard InChI is InChI=1S/C12H10F3NO/c13-12(14,15)10-5-1-3-8(11(10)16)7-9-4-2-6-17-9/h1-6H,7,16H2. The summed E-state index contributed by atoms with van der Waals surface area (Å²) in [6, 6.07) is 7.25. The topological polar surface area (TPSA) is 39.2 Å². The number of furan rings is 1. The van der Waals surface area contributed by atoms with Crippen LogP contribution < -0.4 is 5.73 Å². The van der Waals surface area contributed by atoms with Crippen LogP contribution in [0.25, 0.3) is 0 Å². The maximum atomic E-state index is 12.6. The van der Waals surface area contributed by atoms with Gasteiger partial charge in [0.15, 0.2) is 0 Å². The number of nitrogen functional groups attached to an aromatic ring is 1. The molecule has 1 aromatic heterocycles. The van der Waals surface area contributed by atoms with Gasteiger partial charge in [0.1, 0.15) is 5.76 Å². The lowest BCUT2D eigenvalue weighted by molar-refractivity contribution is -0.136. The second-order valence-corrected chi connectivity index (χ2v) is 3.63. The third kappa shape index (κ3) is 2.43. The SMILES string of the molecule is Nc1c(Cc2ccco2)cccc1C(F)(F)F. The molecule has 90 valence electrons. The molecule has 0 bridgehead atoms. The van der Waals surface area contributed by atoms with Gasteiger partial charge in [-0.05, 0) is 23.8 Å². The van der Waals surface area contributed by atoms with Gasteiger partial charge in [-0.15, -0.1) is 0 Å². The summed E-state index contributed by atoms with van der Waals surface area (Å²) in [7, 11) is 0. The summed E-state index contributed by atoms with van der Waals surface area (Å²) in [5.41, 5.74) is 4.89. The van der Waals surface area contributed by atoms with Gasteiger partial charge in [0.05, 0.1) is 11.8 Å². The van der Waals surface area contributed by atoms with Crippen molar-refractivity contribution >= 4 is 5.69 Å². The number of rotatable bonds is 2. The van der Waals surface area contributed by atoms with E-state index in [9.17, 15) is 13.2 Å². The van der Waals surface area contributed by atoms with E-state index in [1.807, 2.05) is 0 Å². The fourth-order valence-electron chi connectivity index (χ4n) is 1.62. The zero-order valence-electron chi connectivity index (χ0n) is 8.79. The summed E-state index contributed by atoms with van der Waals surface area (Å²) in [6.45, 7) is 0. The van der Waals surface area contributed by atoms with Gasteiger partial charge in [-0.1, -0.05) is 12.1 Å². The summed E-state index contributed by atoms with van der Waals surface area (Å²) in [4.78, 5) is 0. The molecule has 1 heterocycles. The Morgan fingerprint density at radius 1 is 1.12 bits per heavy atom. The molecular weight excluding hydrogens is 231 g/mol. The van der Waals surface area contributed by atoms with E-state index >= 15 is 0 Å². The summed E-state index contributed by atoms with van der Waals surface area (Å²) in [6.07, 6.45) is -2.70. The van der Waals surface area contributed by atoms with Gasteiger partial charge in [-0.25, -0.2) is 0 Å². The first-order valence-electron chi connectivity index (χ1n) is 4.95. The maximum Gasteiger partial charge on any atom is 0.418 e. The molecule has 2 rings (SSSR count). The molecule has 2 N–H and O–H groups in total. The van der Waals surface area contributed by atoms with Crippen LogP contribution in [0.3, 0.4) is 0 Å². The van der Waals surface area contributed by atoms with Gasteiger partial charge in [0.25, 0.3) is 0 Å². The highest BCUT2D eigenvalue weighted by Gasteiger charge is 2.33. The predicted octanol–water partition coefficient (Wildman–Crippen LogP) is 3.47. The van der Waals surface area contributed by atoms with Crippen LogP contribution in [-0.4, -0.2) is 0 Å². The number of nitrogens with two attached hydrogens (primary N) is 1. The van der Waals surface area contributed by atoms with Gasteiger partial charge in [-0.2, -0.15) is 13.2 Å². The van der Waals surface area contributed by atoms with Gasteiger partial charge in [0.2, 0.25) is 0 Å². The largest absolute Gasteiger partial charge is 0.469 e.